The van der Waals surface area contributed by atoms with Crippen LogP contribution in [-0.2, 0) is 10.0 Å². The molecule has 1 rings (SSSR count). The zero-order chi connectivity index (χ0) is 13.6. The van der Waals surface area contributed by atoms with Gasteiger partial charge in [0.1, 0.15) is 0 Å². The van der Waals surface area contributed by atoms with Gasteiger partial charge < -0.3 is 5.73 Å². The first-order valence-corrected chi connectivity index (χ1v) is 8.84. The molecule has 3 N–H and O–H groups in total. The molecule has 0 spiro atoms. The molecule has 1 aliphatic carbocycles. The fraction of sp³-hybridized carbons (Fsp3) is 1.00. The lowest BCUT2D eigenvalue weighted by molar-refractivity contribution is 0.353. The van der Waals surface area contributed by atoms with Gasteiger partial charge in [0.2, 0.25) is 10.0 Å². The Morgan fingerprint density at radius 3 is 2.17 bits per heavy atom. The van der Waals surface area contributed by atoms with E-state index in [9.17, 15) is 8.42 Å². The van der Waals surface area contributed by atoms with Crippen LogP contribution in [0.3, 0.4) is 0 Å². The quantitative estimate of drug-likeness (QED) is 0.747. The highest BCUT2D eigenvalue weighted by Crippen LogP contribution is 2.25. The van der Waals surface area contributed by atoms with E-state index in [-0.39, 0.29) is 5.75 Å². The van der Waals surface area contributed by atoms with Crippen LogP contribution in [0.5, 0.6) is 0 Å². The highest BCUT2D eigenvalue weighted by Gasteiger charge is 2.31. The maximum absolute atomic E-state index is 12.2. The summed E-state index contributed by atoms with van der Waals surface area (Å²) in [4.78, 5) is 0. The summed E-state index contributed by atoms with van der Waals surface area (Å²) in [6.45, 7) is 4.34. The van der Waals surface area contributed by atoms with Crippen LogP contribution in [-0.4, -0.2) is 26.3 Å². The predicted molar refractivity (Wildman–Crippen MR) is 75.9 cm³/mol. The van der Waals surface area contributed by atoms with Crippen molar-refractivity contribution in [1.82, 2.24) is 4.72 Å². The van der Waals surface area contributed by atoms with E-state index in [0.29, 0.717) is 12.5 Å². The summed E-state index contributed by atoms with van der Waals surface area (Å²) >= 11 is 0. The van der Waals surface area contributed by atoms with E-state index >= 15 is 0 Å². The van der Waals surface area contributed by atoms with Crippen LogP contribution < -0.4 is 10.5 Å². The molecule has 4 nitrogen and oxygen atoms in total. The molecular weight excluding hydrogens is 248 g/mol. The van der Waals surface area contributed by atoms with Crippen LogP contribution in [0.4, 0.5) is 0 Å². The van der Waals surface area contributed by atoms with E-state index in [4.69, 9.17) is 5.73 Å². The van der Waals surface area contributed by atoms with Gasteiger partial charge in [0, 0.05) is 12.1 Å². The highest BCUT2D eigenvalue weighted by atomic mass is 32.2. The molecule has 1 fully saturated rings. The van der Waals surface area contributed by atoms with Crippen LogP contribution in [0.1, 0.15) is 58.8 Å². The summed E-state index contributed by atoms with van der Waals surface area (Å²) in [5.41, 5.74) is 5.29. The lowest BCUT2D eigenvalue weighted by atomic mass is 9.91. The van der Waals surface area contributed by atoms with Crippen molar-refractivity contribution in [1.29, 1.82) is 0 Å². The number of rotatable bonds is 7. The third-order valence-electron chi connectivity index (χ3n) is 4.30. The molecule has 0 aliphatic heterocycles. The van der Waals surface area contributed by atoms with E-state index in [1.807, 2.05) is 13.8 Å². The first-order chi connectivity index (χ1) is 8.47. The van der Waals surface area contributed by atoms with Gasteiger partial charge in [0.25, 0.3) is 0 Å². The monoisotopic (exact) mass is 276 g/mol. The molecule has 0 aromatic heterocycles. The zero-order valence-corrected chi connectivity index (χ0v) is 12.6. The fourth-order valence-corrected chi connectivity index (χ4v) is 4.83. The molecule has 0 radical (unpaired) electrons. The van der Waals surface area contributed by atoms with Gasteiger partial charge in [-0.15, -0.1) is 0 Å². The Labute approximate surface area is 112 Å². The largest absolute Gasteiger partial charge is 0.329 e. The van der Waals surface area contributed by atoms with E-state index in [1.54, 1.807) is 0 Å². The van der Waals surface area contributed by atoms with Crippen molar-refractivity contribution in [3.05, 3.63) is 0 Å². The van der Waals surface area contributed by atoms with Gasteiger partial charge in [-0.05, 0) is 31.6 Å². The minimum absolute atomic E-state index is 0.273. The van der Waals surface area contributed by atoms with Crippen molar-refractivity contribution in [3.63, 3.8) is 0 Å². The van der Waals surface area contributed by atoms with Gasteiger partial charge in [-0.25, -0.2) is 13.1 Å². The SMILES string of the molecule is CCC(CC)(CN)NS(=O)(=O)CC1CCCCC1. The molecule has 0 aromatic rings. The second-order valence-corrected chi connectivity index (χ2v) is 7.35. The fourth-order valence-electron chi connectivity index (χ4n) is 2.76. The summed E-state index contributed by atoms with van der Waals surface area (Å²) in [7, 11) is -3.21. The minimum Gasteiger partial charge on any atom is -0.329 e. The lowest BCUT2D eigenvalue weighted by Gasteiger charge is -2.32. The number of hydrogen-bond donors (Lipinski definition) is 2. The molecule has 18 heavy (non-hydrogen) atoms. The topological polar surface area (TPSA) is 72.2 Å². The second-order valence-electron chi connectivity index (χ2n) is 5.58. The van der Waals surface area contributed by atoms with Gasteiger partial charge in [-0.3, -0.25) is 0 Å². The Kier molecular flexibility index (Phi) is 6.08. The van der Waals surface area contributed by atoms with Crippen molar-refractivity contribution in [2.24, 2.45) is 11.7 Å². The van der Waals surface area contributed by atoms with Crippen LogP contribution in [0, 0.1) is 5.92 Å². The van der Waals surface area contributed by atoms with Crippen LogP contribution in [0.25, 0.3) is 0 Å². The molecule has 0 amide bonds. The van der Waals surface area contributed by atoms with Crippen LogP contribution in [0.15, 0.2) is 0 Å². The van der Waals surface area contributed by atoms with Crippen LogP contribution >= 0.6 is 0 Å². The average molecular weight is 276 g/mol. The van der Waals surface area contributed by atoms with Crippen molar-refractivity contribution in [2.45, 2.75) is 64.3 Å². The first kappa shape index (κ1) is 15.9. The van der Waals surface area contributed by atoms with Crippen molar-refractivity contribution < 1.29 is 8.42 Å². The molecule has 0 atom stereocenters. The normalized spacial score (nSPS) is 19.1. The Balaban J connectivity index is 2.62. The molecule has 0 aromatic carbocycles. The Morgan fingerprint density at radius 1 is 1.17 bits per heavy atom. The maximum atomic E-state index is 12.2. The lowest BCUT2D eigenvalue weighted by Crippen LogP contribution is -2.53. The Morgan fingerprint density at radius 2 is 1.72 bits per heavy atom. The number of nitrogens with one attached hydrogen (secondary N) is 1. The molecule has 0 unspecified atom stereocenters. The molecule has 5 heteroatoms. The first-order valence-electron chi connectivity index (χ1n) is 7.18. The molecule has 1 saturated carbocycles. The summed E-state index contributed by atoms with van der Waals surface area (Å²) in [5.74, 6) is 0.606. The maximum Gasteiger partial charge on any atom is 0.212 e. The second kappa shape index (κ2) is 6.87. The molecule has 108 valence electrons. The number of sulfonamides is 1. The van der Waals surface area contributed by atoms with Gasteiger partial charge in [-0.2, -0.15) is 0 Å². The highest BCUT2D eigenvalue weighted by molar-refractivity contribution is 7.89. The Hall–Kier alpha value is -0.130. The number of hydrogen-bond acceptors (Lipinski definition) is 3. The summed E-state index contributed by atoms with van der Waals surface area (Å²) in [6, 6.07) is 0. The van der Waals surface area contributed by atoms with E-state index in [2.05, 4.69) is 4.72 Å². The third-order valence-corrected chi connectivity index (χ3v) is 5.95. The third kappa shape index (κ3) is 4.52. The summed E-state index contributed by atoms with van der Waals surface area (Å²) in [5, 5.41) is 0. The molecule has 0 heterocycles. The van der Waals surface area contributed by atoms with E-state index in [0.717, 1.165) is 25.7 Å². The predicted octanol–water partition coefficient (Wildman–Crippen LogP) is 2.00. The molecule has 0 bridgehead atoms. The van der Waals surface area contributed by atoms with Gasteiger partial charge in [-0.1, -0.05) is 33.1 Å². The summed E-state index contributed by atoms with van der Waals surface area (Å²) in [6.07, 6.45) is 7.17. The van der Waals surface area contributed by atoms with E-state index < -0.39 is 15.6 Å². The van der Waals surface area contributed by atoms with Crippen molar-refractivity contribution >= 4 is 10.0 Å². The molecule has 1 aliphatic rings. The zero-order valence-electron chi connectivity index (χ0n) is 11.7. The van der Waals surface area contributed by atoms with E-state index in [1.165, 1.54) is 19.3 Å². The van der Waals surface area contributed by atoms with Crippen molar-refractivity contribution in [3.8, 4) is 0 Å². The smallest absolute Gasteiger partial charge is 0.212 e. The summed E-state index contributed by atoms with van der Waals surface area (Å²) < 4.78 is 27.3. The standard InChI is InChI=1S/C13H28N2O2S/c1-3-13(4-2,11-14)15-18(16,17)10-12-8-6-5-7-9-12/h12,15H,3-11,14H2,1-2H3. The van der Waals surface area contributed by atoms with Crippen molar-refractivity contribution in [2.75, 3.05) is 12.3 Å². The van der Waals surface area contributed by atoms with Gasteiger partial charge in [0.05, 0.1) is 5.75 Å². The molecule has 0 saturated heterocycles. The minimum atomic E-state index is -3.21. The van der Waals surface area contributed by atoms with Gasteiger partial charge in [0.15, 0.2) is 0 Å². The average Bonchev–Trinajstić information content (AvgIpc) is 2.37. The Bertz CT molecular complexity index is 323. The van der Waals surface area contributed by atoms with Crippen LogP contribution in [0.2, 0.25) is 0 Å². The molecular formula is C13H28N2O2S. The van der Waals surface area contributed by atoms with Gasteiger partial charge >= 0.3 is 0 Å². The number of nitrogens with two attached hydrogens (primary N) is 1.